The third kappa shape index (κ3) is 3.09. The van der Waals surface area contributed by atoms with Gasteiger partial charge in [-0.3, -0.25) is 29.0 Å². The van der Waals surface area contributed by atoms with E-state index in [1.165, 1.54) is 24.1 Å². The number of aromatic hydroxyl groups is 1. The van der Waals surface area contributed by atoms with Crippen LogP contribution in [0, 0.1) is 17.8 Å². The highest BCUT2D eigenvalue weighted by atomic mass is 35.5. The van der Waals surface area contributed by atoms with Crippen LogP contribution in [0.5, 0.6) is 5.75 Å². The highest BCUT2D eigenvalue weighted by Gasteiger charge is 2.75. The van der Waals surface area contributed by atoms with E-state index < -0.39 is 45.2 Å². The summed E-state index contributed by atoms with van der Waals surface area (Å²) in [5, 5.41) is 10.3. The Morgan fingerprint density at radius 2 is 1.68 bits per heavy atom. The lowest BCUT2D eigenvalue weighted by Crippen LogP contribution is -2.60. The lowest BCUT2D eigenvalue weighted by atomic mass is 9.56. The zero-order valence-electron chi connectivity index (χ0n) is 20.9. The van der Waals surface area contributed by atoms with Crippen LogP contribution in [-0.2, 0) is 25.6 Å². The van der Waals surface area contributed by atoms with Crippen LogP contribution in [0.15, 0.2) is 60.2 Å². The van der Waals surface area contributed by atoms with Crippen molar-refractivity contribution in [2.24, 2.45) is 17.8 Å². The molecule has 9 heteroatoms. The average Bonchev–Trinajstić information content (AvgIpc) is 3.23. The molecule has 0 radical (unpaired) electrons. The number of hydrogen-bond donors (Lipinski definition) is 1. The van der Waals surface area contributed by atoms with E-state index in [0.29, 0.717) is 23.2 Å². The van der Waals surface area contributed by atoms with E-state index in [0.717, 1.165) is 16.9 Å². The molecule has 4 amide bonds. The van der Waals surface area contributed by atoms with Crippen molar-refractivity contribution in [3.8, 4) is 5.75 Å². The quantitative estimate of drug-likeness (QED) is 0.350. The molecular weight excluding hydrogens is 527 g/mol. The summed E-state index contributed by atoms with van der Waals surface area (Å²) in [5.41, 5.74) is 2.81. The van der Waals surface area contributed by atoms with Crippen molar-refractivity contribution >= 4 is 52.5 Å². The minimum absolute atomic E-state index is 0.0294. The van der Waals surface area contributed by atoms with Crippen molar-refractivity contribution in [2.75, 3.05) is 11.9 Å². The predicted octanol–water partition coefficient (Wildman–Crippen LogP) is 4.15. The number of halogens is 2. The largest absolute Gasteiger partial charge is 0.508 e. The number of amides is 4. The van der Waals surface area contributed by atoms with E-state index in [9.17, 15) is 24.3 Å². The normalized spacial score (nSPS) is 34.3. The second kappa shape index (κ2) is 8.42. The number of phenolic OH excluding ortho intramolecular Hbond substituents is 1. The van der Waals surface area contributed by atoms with Gasteiger partial charge in [0.1, 0.15) is 5.75 Å². The molecule has 2 saturated heterocycles. The summed E-state index contributed by atoms with van der Waals surface area (Å²) in [7, 11) is 1.35. The summed E-state index contributed by atoms with van der Waals surface area (Å²) in [4.78, 5) is 53.0. The molecule has 2 aromatic carbocycles. The molecule has 4 aliphatic rings. The number of benzene rings is 2. The van der Waals surface area contributed by atoms with Crippen LogP contribution >= 0.6 is 23.2 Å². The third-order valence-electron chi connectivity index (χ3n) is 8.82. The number of anilines is 1. The summed E-state index contributed by atoms with van der Waals surface area (Å²) in [6, 6.07) is 13.7. The smallest absolute Gasteiger partial charge is 0.253 e. The molecule has 0 bridgehead atoms. The van der Waals surface area contributed by atoms with Crippen LogP contribution in [-0.4, -0.2) is 50.4 Å². The first kappa shape index (κ1) is 25.1. The summed E-state index contributed by atoms with van der Waals surface area (Å²) in [6.07, 6.45) is 2.95. The van der Waals surface area contributed by atoms with Gasteiger partial charge in [-0.25, -0.2) is 0 Å². The topological polar surface area (TPSA) is 95.0 Å². The fourth-order valence-electron chi connectivity index (χ4n) is 6.96. The third-order valence-corrected chi connectivity index (χ3v) is 10.2. The first-order valence-corrected chi connectivity index (χ1v) is 13.5. The average molecular weight is 553 g/mol. The highest BCUT2D eigenvalue weighted by molar-refractivity contribution is 6.53. The number of hydrogen-bond acceptors (Lipinski definition) is 5. The molecule has 0 aromatic heterocycles. The van der Waals surface area contributed by atoms with Gasteiger partial charge < -0.3 is 5.11 Å². The Morgan fingerprint density at radius 3 is 2.34 bits per heavy atom. The SMILES string of the molecule is CCc1ccc(N2C(=O)C3CC=C4C(CC5(Cl)C(=O)N(C)C(=O)C5(Cl)C4c4cccc(O)c4)C3C2=O)cc1. The van der Waals surface area contributed by atoms with Gasteiger partial charge >= 0.3 is 0 Å². The number of aryl methyl sites for hydroxylation is 1. The van der Waals surface area contributed by atoms with E-state index in [2.05, 4.69) is 0 Å². The van der Waals surface area contributed by atoms with Gasteiger partial charge in [0.25, 0.3) is 11.8 Å². The Hall–Kier alpha value is -3.16. The van der Waals surface area contributed by atoms with Crippen LogP contribution in [0.3, 0.4) is 0 Å². The number of likely N-dealkylation sites (tertiary alicyclic amines) is 1. The van der Waals surface area contributed by atoms with E-state index in [4.69, 9.17) is 23.2 Å². The van der Waals surface area contributed by atoms with Gasteiger partial charge in [-0.15, -0.1) is 23.2 Å². The molecule has 2 aliphatic heterocycles. The Bertz CT molecular complexity index is 1440. The Labute approximate surface area is 230 Å². The Balaban J connectivity index is 1.49. The molecule has 2 aliphatic carbocycles. The molecule has 2 aromatic rings. The Kier molecular flexibility index (Phi) is 5.57. The molecule has 1 saturated carbocycles. The molecule has 3 fully saturated rings. The van der Waals surface area contributed by atoms with Crippen molar-refractivity contribution in [3.05, 3.63) is 71.3 Å². The second-order valence-electron chi connectivity index (χ2n) is 10.6. The lowest BCUT2D eigenvalue weighted by molar-refractivity contribution is -0.138. The number of rotatable bonds is 3. The van der Waals surface area contributed by atoms with Crippen molar-refractivity contribution < 1.29 is 24.3 Å². The van der Waals surface area contributed by atoms with Crippen molar-refractivity contribution in [1.29, 1.82) is 0 Å². The van der Waals surface area contributed by atoms with E-state index in [1.54, 1.807) is 24.3 Å². The number of phenols is 1. The van der Waals surface area contributed by atoms with Gasteiger partial charge in [0.15, 0.2) is 9.75 Å². The van der Waals surface area contributed by atoms with E-state index >= 15 is 0 Å². The van der Waals surface area contributed by atoms with Crippen LogP contribution in [0.1, 0.15) is 36.8 Å². The molecule has 0 spiro atoms. The van der Waals surface area contributed by atoms with Crippen LogP contribution in [0.25, 0.3) is 0 Å². The summed E-state index contributed by atoms with van der Waals surface area (Å²) in [6.45, 7) is 2.03. The summed E-state index contributed by atoms with van der Waals surface area (Å²) >= 11 is 14.2. The van der Waals surface area contributed by atoms with Crippen LogP contribution < -0.4 is 4.90 Å². The van der Waals surface area contributed by atoms with Crippen molar-refractivity contribution in [1.82, 2.24) is 4.90 Å². The minimum atomic E-state index is -1.86. The number of nitrogens with zero attached hydrogens (tertiary/aromatic N) is 2. The molecule has 6 rings (SSSR count). The van der Waals surface area contributed by atoms with Gasteiger partial charge in [-0.2, -0.15) is 0 Å². The van der Waals surface area contributed by atoms with Crippen LogP contribution in [0.4, 0.5) is 5.69 Å². The maximum absolute atomic E-state index is 13.9. The van der Waals surface area contributed by atoms with Gasteiger partial charge in [0.2, 0.25) is 11.8 Å². The molecule has 2 heterocycles. The van der Waals surface area contributed by atoms with Crippen molar-refractivity contribution in [2.45, 2.75) is 41.9 Å². The molecule has 196 valence electrons. The molecule has 1 N–H and O–H groups in total. The van der Waals surface area contributed by atoms with Gasteiger partial charge in [-0.05, 0) is 60.6 Å². The molecular formula is C29H26Cl2N2O5. The lowest BCUT2D eigenvalue weighted by Gasteiger charge is -2.50. The number of allylic oxidation sites excluding steroid dienone is 2. The maximum Gasteiger partial charge on any atom is 0.253 e. The number of imide groups is 2. The number of fused-ring (bicyclic) bond motifs is 4. The zero-order chi connectivity index (χ0) is 27.1. The first-order valence-electron chi connectivity index (χ1n) is 12.7. The maximum atomic E-state index is 13.9. The first-order chi connectivity index (χ1) is 18.0. The molecule has 7 nitrogen and oxygen atoms in total. The zero-order valence-corrected chi connectivity index (χ0v) is 22.4. The van der Waals surface area contributed by atoms with Crippen LogP contribution in [0.2, 0.25) is 0 Å². The van der Waals surface area contributed by atoms with Gasteiger partial charge in [-0.1, -0.05) is 42.8 Å². The van der Waals surface area contributed by atoms with Gasteiger partial charge in [0, 0.05) is 13.0 Å². The number of alkyl halides is 2. The number of carbonyl (C=O) groups excluding carboxylic acids is 4. The predicted molar refractivity (Wildman–Crippen MR) is 142 cm³/mol. The monoisotopic (exact) mass is 552 g/mol. The molecule has 6 atom stereocenters. The van der Waals surface area contributed by atoms with E-state index in [-0.39, 0.29) is 24.0 Å². The second-order valence-corrected chi connectivity index (χ2v) is 11.9. The van der Waals surface area contributed by atoms with Gasteiger partial charge in [0.05, 0.1) is 17.5 Å². The standard InChI is InChI=1S/C29H26Cl2N2O5/c1-3-15-7-9-17(10-8-15)33-24(35)20-12-11-19-21(22(20)25(33)36)14-28(30)26(37)32(2)27(38)29(28,31)23(19)16-5-4-6-18(34)13-16/h4-11,13,20-23,34H,3,12,14H2,1-2H3. The summed E-state index contributed by atoms with van der Waals surface area (Å²) in [5.74, 6) is -4.75. The fourth-order valence-corrected chi connectivity index (χ4v) is 7.98. The van der Waals surface area contributed by atoms with E-state index in [1.807, 2.05) is 25.1 Å². The summed E-state index contributed by atoms with van der Waals surface area (Å²) < 4.78 is 0. The molecule has 6 unspecified atom stereocenters. The molecule has 38 heavy (non-hydrogen) atoms. The fraction of sp³-hybridized carbons (Fsp3) is 0.379. The minimum Gasteiger partial charge on any atom is -0.508 e. The Morgan fingerprint density at radius 1 is 0.974 bits per heavy atom. The highest BCUT2D eigenvalue weighted by Crippen LogP contribution is 2.65. The van der Waals surface area contributed by atoms with Crippen molar-refractivity contribution in [3.63, 3.8) is 0 Å². The number of carbonyl (C=O) groups is 4.